The molecule has 0 aromatic heterocycles. The fourth-order valence-corrected chi connectivity index (χ4v) is 3.93. The molecule has 2 unspecified atom stereocenters. The van der Waals surface area contributed by atoms with Crippen LogP contribution in [0.1, 0.15) is 54.2 Å². The Bertz CT molecular complexity index is 796. The molecule has 28 heavy (non-hydrogen) atoms. The molecule has 1 amide bonds. The first-order valence-corrected chi connectivity index (χ1v) is 9.94. The van der Waals surface area contributed by atoms with Crippen LogP contribution in [0.4, 0.5) is 0 Å². The lowest BCUT2D eigenvalue weighted by Crippen LogP contribution is -2.34. The maximum atomic E-state index is 12.8. The number of rotatable bonds is 0. The van der Waals surface area contributed by atoms with Gasteiger partial charge in [-0.1, -0.05) is 48.9 Å². The number of aliphatic hydroxyl groups excluding tert-OH is 1. The molecule has 3 rings (SSSR count). The third-order valence-electron chi connectivity index (χ3n) is 5.18. The van der Waals surface area contributed by atoms with Gasteiger partial charge in [0, 0.05) is 12.1 Å². The van der Waals surface area contributed by atoms with Crippen LogP contribution in [0.5, 0.6) is 0 Å². The van der Waals surface area contributed by atoms with Crippen molar-refractivity contribution in [1.82, 2.24) is 5.32 Å². The maximum absolute atomic E-state index is 12.8. The van der Waals surface area contributed by atoms with E-state index in [1.807, 2.05) is 65.0 Å². The van der Waals surface area contributed by atoms with Crippen LogP contribution < -0.4 is 5.32 Å². The summed E-state index contributed by atoms with van der Waals surface area (Å²) >= 11 is 0. The van der Waals surface area contributed by atoms with E-state index < -0.39 is 18.0 Å². The summed E-state index contributed by atoms with van der Waals surface area (Å²) in [4.78, 5) is 12.8. The smallest absolute Gasteiger partial charge is 0.252 e. The first kappa shape index (κ1) is 20.8. The fourth-order valence-electron chi connectivity index (χ4n) is 3.93. The minimum absolute atomic E-state index is 0.0746. The van der Waals surface area contributed by atoms with Crippen molar-refractivity contribution in [3.05, 3.63) is 52.6 Å². The van der Waals surface area contributed by atoms with Gasteiger partial charge in [-0.25, -0.2) is 0 Å². The number of aliphatic hydroxyl groups is 1. The van der Waals surface area contributed by atoms with E-state index in [1.165, 1.54) is 0 Å². The minimum Gasteiger partial charge on any atom is -0.386 e. The highest BCUT2D eigenvalue weighted by atomic mass is 16.8. The predicted molar refractivity (Wildman–Crippen MR) is 110 cm³/mol. The fraction of sp³-hybridized carbons (Fsp3) is 0.522. The molecule has 2 aliphatic rings. The number of hydrogen-bond donors (Lipinski definition) is 2. The van der Waals surface area contributed by atoms with E-state index in [4.69, 9.17) is 9.47 Å². The van der Waals surface area contributed by atoms with E-state index in [9.17, 15) is 9.90 Å². The van der Waals surface area contributed by atoms with Crippen LogP contribution in [0, 0.1) is 19.8 Å². The zero-order valence-corrected chi connectivity index (χ0v) is 17.4. The number of benzene rings is 1. The van der Waals surface area contributed by atoms with Gasteiger partial charge in [0.05, 0.1) is 6.10 Å². The normalized spacial score (nSPS) is 32.6. The van der Waals surface area contributed by atoms with Gasteiger partial charge in [-0.15, -0.1) is 0 Å². The van der Waals surface area contributed by atoms with Gasteiger partial charge in [0.25, 0.3) is 5.91 Å². The zero-order chi connectivity index (χ0) is 20.5. The molecule has 0 radical (unpaired) electrons. The van der Waals surface area contributed by atoms with Crippen LogP contribution in [0.3, 0.4) is 0 Å². The second-order valence-electron chi connectivity index (χ2n) is 8.39. The van der Waals surface area contributed by atoms with Gasteiger partial charge >= 0.3 is 0 Å². The van der Waals surface area contributed by atoms with E-state index in [-0.39, 0.29) is 17.9 Å². The second-order valence-corrected chi connectivity index (χ2v) is 8.39. The standard InChI is InChI=1S/C23H31NO4/c1-14-9-10-18(25)21-19(27-23(4,5)28-21)8-6-7-17-12-15(2)11-16(3)20(17)22(26)24-13-14/h6-7,9-12,14,18-19,21,25H,8,13H2,1-5H3,(H,24,26)/b7-6+,10-9-/t14-,18?,19+,21?/m1/s1. The zero-order valence-electron chi connectivity index (χ0n) is 17.4. The van der Waals surface area contributed by atoms with Gasteiger partial charge < -0.3 is 19.9 Å². The quantitative estimate of drug-likeness (QED) is 0.671. The van der Waals surface area contributed by atoms with E-state index in [0.29, 0.717) is 18.5 Å². The van der Waals surface area contributed by atoms with Crippen LogP contribution in [-0.4, -0.2) is 41.7 Å². The van der Waals surface area contributed by atoms with Crippen molar-refractivity contribution < 1.29 is 19.4 Å². The lowest BCUT2D eigenvalue weighted by molar-refractivity contribution is -0.152. The van der Waals surface area contributed by atoms with Crippen molar-refractivity contribution in [3.63, 3.8) is 0 Å². The lowest BCUT2D eigenvalue weighted by atomic mass is 9.96. The van der Waals surface area contributed by atoms with Crippen molar-refractivity contribution in [2.24, 2.45) is 5.92 Å². The molecular formula is C23H31NO4. The van der Waals surface area contributed by atoms with E-state index >= 15 is 0 Å². The highest BCUT2D eigenvalue weighted by Gasteiger charge is 2.43. The first-order valence-electron chi connectivity index (χ1n) is 9.94. The van der Waals surface area contributed by atoms with Crippen molar-refractivity contribution >= 4 is 12.0 Å². The Kier molecular flexibility index (Phi) is 6.08. The molecule has 2 aliphatic heterocycles. The summed E-state index contributed by atoms with van der Waals surface area (Å²) in [6, 6.07) is 4.05. The first-order chi connectivity index (χ1) is 13.2. The molecule has 2 heterocycles. The molecule has 1 fully saturated rings. The number of aryl methyl sites for hydroxylation is 2. The molecule has 4 atom stereocenters. The number of hydrogen-bond acceptors (Lipinski definition) is 4. The Balaban J connectivity index is 1.98. The number of carbonyl (C=O) groups is 1. The molecule has 0 spiro atoms. The van der Waals surface area contributed by atoms with Crippen LogP contribution >= 0.6 is 0 Å². The van der Waals surface area contributed by atoms with Gasteiger partial charge in [-0.3, -0.25) is 4.79 Å². The molecule has 1 aromatic carbocycles. The average molecular weight is 386 g/mol. The molecule has 5 nitrogen and oxygen atoms in total. The molecular weight excluding hydrogens is 354 g/mol. The summed E-state index contributed by atoms with van der Waals surface area (Å²) in [5.41, 5.74) is 3.67. The van der Waals surface area contributed by atoms with E-state index in [1.54, 1.807) is 6.08 Å². The Morgan fingerprint density at radius 1 is 1.18 bits per heavy atom. The van der Waals surface area contributed by atoms with Gasteiger partial charge in [0.1, 0.15) is 12.2 Å². The Morgan fingerprint density at radius 2 is 1.93 bits per heavy atom. The largest absolute Gasteiger partial charge is 0.386 e. The molecule has 0 bridgehead atoms. The van der Waals surface area contributed by atoms with Gasteiger partial charge in [-0.2, -0.15) is 0 Å². The Hall–Kier alpha value is -1.95. The molecule has 152 valence electrons. The molecule has 5 heteroatoms. The number of amides is 1. The van der Waals surface area contributed by atoms with Gasteiger partial charge in [0.2, 0.25) is 0 Å². The molecule has 2 N–H and O–H groups in total. The Morgan fingerprint density at radius 3 is 2.68 bits per heavy atom. The van der Waals surface area contributed by atoms with Crippen LogP contribution in [0.25, 0.3) is 6.08 Å². The average Bonchev–Trinajstić information content (AvgIpc) is 2.91. The SMILES string of the molecule is Cc1cc(C)c2c(c1)/C=C/C[C@@H]1OC(C)(C)OC1C(O)/C=C\[C@@H](C)CNC2=O. The topological polar surface area (TPSA) is 67.8 Å². The Labute approximate surface area is 167 Å². The molecule has 0 aliphatic carbocycles. The van der Waals surface area contributed by atoms with Crippen molar-refractivity contribution in [1.29, 1.82) is 0 Å². The summed E-state index contributed by atoms with van der Waals surface area (Å²) in [5.74, 6) is -0.727. The highest BCUT2D eigenvalue weighted by Crippen LogP contribution is 2.33. The minimum atomic E-state index is -0.766. The molecule has 1 saturated heterocycles. The summed E-state index contributed by atoms with van der Waals surface area (Å²) < 4.78 is 12.0. The number of nitrogens with one attached hydrogen (secondary N) is 1. The second kappa shape index (κ2) is 8.19. The van der Waals surface area contributed by atoms with Crippen molar-refractivity contribution in [3.8, 4) is 0 Å². The monoisotopic (exact) mass is 385 g/mol. The third kappa shape index (κ3) is 4.72. The summed E-state index contributed by atoms with van der Waals surface area (Å²) in [6.07, 6.45) is 6.77. The molecule has 1 aromatic rings. The van der Waals surface area contributed by atoms with Gasteiger partial charge in [-0.05, 0) is 51.2 Å². The van der Waals surface area contributed by atoms with E-state index in [2.05, 4.69) is 5.32 Å². The summed E-state index contributed by atoms with van der Waals surface area (Å²) in [6.45, 7) is 10.2. The van der Waals surface area contributed by atoms with Gasteiger partial charge in [0.15, 0.2) is 5.79 Å². The summed E-state index contributed by atoms with van der Waals surface area (Å²) in [7, 11) is 0. The van der Waals surface area contributed by atoms with Crippen LogP contribution in [0.15, 0.2) is 30.4 Å². The summed E-state index contributed by atoms with van der Waals surface area (Å²) in [5, 5.41) is 13.6. The number of ether oxygens (including phenoxy) is 2. The number of carbonyl (C=O) groups excluding carboxylic acids is 1. The van der Waals surface area contributed by atoms with E-state index in [0.717, 1.165) is 16.7 Å². The third-order valence-corrected chi connectivity index (χ3v) is 5.18. The maximum Gasteiger partial charge on any atom is 0.252 e. The molecule has 0 saturated carbocycles. The van der Waals surface area contributed by atoms with Crippen LogP contribution in [-0.2, 0) is 9.47 Å². The lowest BCUT2D eigenvalue weighted by Gasteiger charge is -2.20. The van der Waals surface area contributed by atoms with Crippen LogP contribution in [0.2, 0.25) is 0 Å². The number of fused-ring (bicyclic) bond motifs is 2. The predicted octanol–water partition coefficient (Wildman–Crippen LogP) is 3.52. The van der Waals surface area contributed by atoms with Crippen molar-refractivity contribution in [2.75, 3.05) is 6.54 Å². The highest BCUT2D eigenvalue weighted by molar-refractivity contribution is 5.99. The van der Waals surface area contributed by atoms with Crippen molar-refractivity contribution in [2.45, 2.75) is 65.1 Å².